The second-order valence-electron chi connectivity index (χ2n) is 9.85. The first-order valence-corrected chi connectivity index (χ1v) is 13.8. The number of halogens is 3. The van der Waals surface area contributed by atoms with Crippen molar-refractivity contribution in [1.29, 1.82) is 0 Å². The fourth-order valence-corrected chi connectivity index (χ4v) is 4.55. The molecular formula is C32H27F3N6O5. The molecule has 0 unspecified atom stereocenters. The van der Waals surface area contributed by atoms with Gasteiger partial charge in [0.05, 0.1) is 24.8 Å². The van der Waals surface area contributed by atoms with Crippen LogP contribution in [0.2, 0.25) is 0 Å². The number of carbonyl (C=O) groups is 2. The molecule has 5 rings (SSSR count). The molecule has 0 saturated carbocycles. The molecule has 0 saturated heterocycles. The molecular weight excluding hydrogens is 605 g/mol. The van der Waals surface area contributed by atoms with Crippen molar-refractivity contribution in [2.75, 3.05) is 29.2 Å². The number of rotatable bonds is 11. The monoisotopic (exact) mass is 632 g/mol. The Balaban J connectivity index is 1.52. The molecule has 0 aliphatic carbocycles. The third-order valence-corrected chi connectivity index (χ3v) is 6.68. The van der Waals surface area contributed by atoms with Gasteiger partial charge in [-0.15, -0.1) is 0 Å². The number of carbonyl (C=O) groups excluding carboxylic acids is 1. The summed E-state index contributed by atoms with van der Waals surface area (Å²) in [5.74, 6) is -1.00. The van der Waals surface area contributed by atoms with Gasteiger partial charge < -0.3 is 24.8 Å². The SMILES string of the molecule is COc1ccccc1NC(=O)Nc1nc(Oc2ccc3ccccc3c2)nc(N(CCC(=O)O)Cc2ccccc2C(F)(F)F)n1. The number of anilines is 3. The number of aliphatic carboxylic acids is 1. The Morgan fingerprint density at radius 2 is 1.59 bits per heavy atom. The van der Waals surface area contributed by atoms with Crippen LogP contribution in [0.3, 0.4) is 0 Å². The number of urea groups is 1. The summed E-state index contributed by atoms with van der Waals surface area (Å²) in [7, 11) is 1.44. The van der Waals surface area contributed by atoms with Gasteiger partial charge in [-0.05, 0) is 46.7 Å². The number of aromatic nitrogens is 3. The van der Waals surface area contributed by atoms with Gasteiger partial charge >= 0.3 is 24.2 Å². The maximum atomic E-state index is 13.8. The minimum absolute atomic E-state index is 0.138. The fourth-order valence-electron chi connectivity index (χ4n) is 4.55. The number of nitrogens with zero attached hydrogens (tertiary/aromatic N) is 4. The van der Waals surface area contributed by atoms with E-state index in [-0.39, 0.29) is 30.0 Å². The van der Waals surface area contributed by atoms with Crippen molar-refractivity contribution < 1.29 is 37.3 Å². The minimum Gasteiger partial charge on any atom is -0.495 e. The summed E-state index contributed by atoms with van der Waals surface area (Å²) in [6, 6.07) is 23.3. The van der Waals surface area contributed by atoms with E-state index in [1.54, 1.807) is 36.4 Å². The van der Waals surface area contributed by atoms with Crippen molar-refractivity contribution in [2.45, 2.75) is 19.1 Å². The Hall–Kier alpha value is -5.92. The summed E-state index contributed by atoms with van der Waals surface area (Å²) in [6.45, 7) is -0.678. The Morgan fingerprint density at radius 3 is 2.35 bits per heavy atom. The highest BCUT2D eigenvalue weighted by atomic mass is 19.4. The third kappa shape index (κ3) is 7.96. The van der Waals surface area contributed by atoms with E-state index in [0.29, 0.717) is 17.2 Å². The second-order valence-corrected chi connectivity index (χ2v) is 9.85. The maximum Gasteiger partial charge on any atom is 0.416 e. The first-order chi connectivity index (χ1) is 22.1. The van der Waals surface area contributed by atoms with E-state index in [4.69, 9.17) is 9.47 Å². The third-order valence-electron chi connectivity index (χ3n) is 6.68. The van der Waals surface area contributed by atoms with Gasteiger partial charge in [0.2, 0.25) is 11.9 Å². The van der Waals surface area contributed by atoms with Crippen LogP contribution in [0.15, 0.2) is 91.0 Å². The van der Waals surface area contributed by atoms with Gasteiger partial charge in [0.25, 0.3) is 0 Å². The average Bonchev–Trinajstić information content (AvgIpc) is 3.02. The molecule has 11 nitrogen and oxygen atoms in total. The molecule has 3 N–H and O–H groups in total. The van der Waals surface area contributed by atoms with Gasteiger partial charge in [0.1, 0.15) is 11.5 Å². The number of methoxy groups -OCH3 is 1. The normalized spacial score (nSPS) is 11.1. The maximum absolute atomic E-state index is 13.8. The molecule has 4 aromatic carbocycles. The molecule has 2 amide bonds. The zero-order chi connectivity index (χ0) is 32.7. The van der Waals surface area contributed by atoms with E-state index in [2.05, 4.69) is 25.6 Å². The van der Waals surface area contributed by atoms with Crippen LogP contribution in [0.1, 0.15) is 17.5 Å². The molecule has 5 aromatic rings. The van der Waals surface area contributed by atoms with E-state index >= 15 is 0 Å². The van der Waals surface area contributed by atoms with Gasteiger partial charge in [-0.3, -0.25) is 10.1 Å². The largest absolute Gasteiger partial charge is 0.495 e. The number of para-hydroxylation sites is 2. The standard InChI is InChI=1S/C32H27F3N6O5/c1-45-26-13-7-6-12-25(26)36-30(44)38-28-37-29(40-31(39-28)46-23-15-14-20-8-2-3-9-21(20)18-23)41(17-16-27(42)43)19-22-10-4-5-11-24(22)32(33,34)35/h2-15,18H,16-17,19H2,1H3,(H,42,43)(H2,36,37,38,39,40,44). The summed E-state index contributed by atoms with van der Waals surface area (Å²) in [5.41, 5.74) is -0.691. The number of carboxylic acid groups (broad SMARTS) is 1. The molecule has 0 spiro atoms. The highest BCUT2D eigenvalue weighted by Gasteiger charge is 2.33. The van der Waals surface area contributed by atoms with Crippen LogP contribution in [0, 0.1) is 0 Å². The summed E-state index contributed by atoms with van der Waals surface area (Å²) < 4.78 is 52.7. The highest BCUT2D eigenvalue weighted by molar-refractivity contribution is 5.99. The molecule has 0 aliphatic rings. The zero-order valence-electron chi connectivity index (χ0n) is 24.3. The zero-order valence-corrected chi connectivity index (χ0v) is 24.3. The number of hydrogen-bond donors (Lipinski definition) is 3. The summed E-state index contributed by atoms with van der Waals surface area (Å²) in [6.07, 6.45) is -5.11. The smallest absolute Gasteiger partial charge is 0.416 e. The number of fused-ring (bicyclic) bond motifs is 1. The van der Waals surface area contributed by atoms with Crippen LogP contribution < -0.4 is 25.0 Å². The lowest BCUT2D eigenvalue weighted by atomic mass is 10.1. The van der Waals surface area contributed by atoms with Crippen molar-refractivity contribution in [2.24, 2.45) is 0 Å². The van der Waals surface area contributed by atoms with Crippen LogP contribution in [0.25, 0.3) is 10.8 Å². The van der Waals surface area contributed by atoms with Crippen LogP contribution in [0.4, 0.5) is 35.5 Å². The van der Waals surface area contributed by atoms with E-state index in [9.17, 15) is 27.9 Å². The summed E-state index contributed by atoms with van der Waals surface area (Å²) in [5, 5.41) is 16.3. The van der Waals surface area contributed by atoms with E-state index < -0.39 is 36.7 Å². The lowest BCUT2D eigenvalue weighted by Crippen LogP contribution is -2.30. The van der Waals surface area contributed by atoms with Gasteiger partial charge in [-0.25, -0.2) is 4.79 Å². The quantitative estimate of drug-likeness (QED) is 0.141. The highest BCUT2D eigenvalue weighted by Crippen LogP contribution is 2.33. The first kappa shape index (κ1) is 31.5. The molecule has 0 fully saturated rings. The van der Waals surface area contributed by atoms with E-state index in [1.165, 1.54) is 30.2 Å². The summed E-state index contributed by atoms with van der Waals surface area (Å²) in [4.78, 5) is 38.5. The topological polar surface area (TPSA) is 139 Å². The number of hydrogen-bond acceptors (Lipinski definition) is 8. The predicted molar refractivity (Wildman–Crippen MR) is 164 cm³/mol. The van der Waals surface area contributed by atoms with Gasteiger partial charge in [-0.1, -0.05) is 60.7 Å². The Labute approximate surface area is 260 Å². The van der Waals surface area contributed by atoms with Crippen LogP contribution in [0.5, 0.6) is 17.5 Å². The molecule has 14 heteroatoms. The number of benzene rings is 4. The van der Waals surface area contributed by atoms with Crippen molar-refractivity contribution >= 4 is 40.4 Å². The van der Waals surface area contributed by atoms with E-state index in [1.807, 2.05) is 30.3 Å². The first-order valence-electron chi connectivity index (χ1n) is 13.8. The molecule has 0 bridgehead atoms. The summed E-state index contributed by atoms with van der Waals surface area (Å²) >= 11 is 0. The number of alkyl halides is 3. The van der Waals surface area contributed by atoms with Crippen molar-refractivity contribution in [3.8, 4) is 17.5 Å². The van der Waals surface area contributed by atoms with Crippen molar-refractivity contribution in [3.63, 3.8) is 0 Å². The average molecular weight is 633 g/mol. The minimum atomic E-state index is -4.66. The molecule has 0 aliphatic heterocycles. The molecule has 1 heterocycles. The van der Waals surface area contributed by atoms with E-state index in [0.717, 1.165) is 16.8 Å². The number of ether oxygens (including phenoxy) is 2. The Kier molecular flexibility index (Phi) is 9.45. The molecule has 46 heavy (non-hydrogen) atoms. The molecule has 1 aromatic heterocycles. The Morgan fingerprint density at radius 1 is 0.870 bits per heavy atom. The Bertz CT molecular complexity index is 1870. The lowest BCUT2D eigenvalue weighted by molar-refractivity contribution is -0.138. The van der Waals surface area contributed by atoms with Crippen LogP contribution in [-0.4, -0.2) is 45.7 Å². The number of carboxylic acids is 1. The molecule has 0 atom stereocenters. The van der Waals surface area contributed by atoms with Gasteiger partial charge in [-0.2, -0.15) is 28.1 Å². The van der Waals surface area contributed by atoms with Crippen molar-refractivity contribution in [3.05, 3.63) is 102 Å². The fraction of sp³-hybridized carbons (Fsp3) is 0.156. The van der Waals surface area contributed by atoms with Gasteiger partial charge in [0, 0.05) is 13.1 Å². The van der Waals surface area contributed by atoms with Crippen LogP contribution in [-0.2, 0) is 17.5 Å². The lowest BCUT2D eigenvalue weighted by Gasteiger charge is -2.24. The number of nitrogens with one attached hydrogen (secondary N) is 2. The molecule has 0 radical (unpaired) electrons. The predicted octanol–water partition coefficient (Wildman–Crippen LogP) is 6.97. The molecule has 236 valence electrons. The second kappa shape index (κ2) is 13.8. The van der Waals surface area contributed by atoms with Gasteiger partial charge in [0.15, 0.2) is 0 Å². The number of amides is 2. The van der Waals surface area contributed by atoms with Crippen LogP contribution >= 0.6 is 0 Å². The van der Waals surface area contributed by atoms with Crippen molar-refractivity contribution in [1.82, 2.24) is 15.0 Å².